The minimum atomic E-state index is -0.640. The van der Waals surface area contributed by atoms with Gasteiger partial charge < -0.3 is 16.4 Å². The first-order valence-corrected chi connectivity index (χ1v) is 7.12. The van der Waals surface area contributed by atoms with Gasteiger partial charge in [-0.1, -0.05) is 25.4 Å². The van der Waals surface area contributed by atoms with Gasteiger partial charge in [0.05, 0.1) is 18.3 Å². The molecule has 1 aromatic rings. The number of rotatable bonds is 5. The van der Waals surface area contributed by atoms with E-state index in [2.05, 4.69) is 31.5 Å². The third-order valence-corrected chi connectivity index (χ3v) is 3.26. The minimum Gasteiger partial charge on any atom is -0.346 e. The molecule has 0 saturated heterocycles. The summed E-state index contributed by atoms with van der Waals surface area (Å²) in [6.07, 6.45) is 1.52. The van der Waals surface area contributed by atoms with Gasteiger partial charge in [0.1, 0.15) is 0 Å². The second kappa shape index (κ2) is 7.56. The number of carbonyl (C=O) groups excluding carboxylic acids is 2. The van der Waals surface area contributed by atoms with Gasteiger partial charge in [0.15, 0.2) is 5.15 Å². The summed E-state index contributed by atoms with van der Waals surface area (Å²) in [4.78, 5) is 27.2. The molecule has 1 aromatic heterocycles. The van der Waals surface area contributed by atoms with Gasteiger partial charge in [-0.05, 0) is 27.9 Å². The summed E-state index contributed by atoms with van der Waals surface area (Å²) in [5.74, 6) is -0.772. The molecular formula is C12H16BrClN4O2. The molecule has 0 radical (unpaired) electrons. The molecule has 0 aliphatic carbocycles. The predicted molar refractivity (Wildman–Crippen MR) is 81.4 cm³/mol. The molecule has 0 aliphatic rings. The number of halogens is 2. The number of nitrogens with one attached hydrogen (secondary N) is 2. The first-order valence-electron chi connectivity index (χ1n) is 5.95. The van der Waals surface area contributed by atoms with Gasteiger partial charge in [-0.15, -0.1) is 0 Å². The molecule has 1 heterocycles. The fourth-order valence-electron chi connectivity index (χ4n) is 1.29. The topological polar surface area (TPSA) is 97.1 Å². The molecule has 0 saturated carbocycles. The number of pyridine rings is 1. The van der Waals surface area contributed by atoms with Crippen molar-refractivity contribution in [2.75, 3.05) is 11.9 Å². The van der Waals surface area contributed by atoms with E-state index in [9.17, 15) is 9.59 Å². The first kappa shape index (κ1) is 16.9. The third kappa shape index (κ3) is 5.07. The molecule has 6 nitrogen and oxygen atoms in total. The van der Waals surface area contributed by atoms with E-state index in [0.29, 0.717) is 10.2 Å². The van der Waals surface area contributed by atoms with Crippen molar-refractivity contribution in [1.29, 1.82) is 0 Å². The van der Waals surface area contributed by atoms with E-state index in [1.165, 1.54) is 6.20 Å². The summed E-state index contributed by atoms with van der Waals surface area (Å²) < 4.78 is 0.683. The van der Waals surface area contributed by atoms with Crippen molar-refractivity contribution in [3.05, 3.63) is 21.9 Å². The van der Waals surface area contributed by atoms with Crippen molar-refractivity contribution in [3.63, 3.8) is 0 Å². The van der Waals surface area contributed by atoms with Crippen LogP contribution in [0, 0.1) is 5.92 Å². The average Bonchev–Trinajstić information content (AvgIpc) is 2.39. The standard InChI is InChI=1S/C12H16BrClN4O2/c1-6(2)10(15)12(20)17-5-9(19)18-8-3-7(13)4-16-11(8)14/h3-4,6,10H,5,15H2,1-2H3,(H,17,20)(H,18,19)/t10-/m0/s1. The Morgan fingerprint density at radius 3 is 2.75 bits per heavy atom. The fraction of sp³-hybridized carbons (Fsp3) is 0.417. The molecule has 0 bridgehead atoms. The second-order valence-electron chi connectivity index (χ2n) is 4.53. The molecule has 1 atom stereocenters. The van der Waals surface area contributed by atoms with Crippen LogP contribution in [0.4, 0.5) is 5.69 Å². The van der Waals surface area contributed by atoms with Crippen molar-refractivity contribution in [2.24, 2.45) is 11.7 Å². The maximum Gasteiger partial charge on any atom is 0.243 e. The smallest absolute Gasteiger partial charge is 0.243 e. The van der Waals surface area contributed by atoms with E-state index >= 15 is 0 Å². The maximum absolute atomic E-state index is 11.7. The van der Waals surface area contributed by atoms with Crippen LogP contribution in [-0.4, -0.2) is 29.4 Å². The normalized spacial score (nSPS) is 12.1. The Labute approximate surface area is 130 Å². The van der Waals surface area contributed by atoms with Crippen molar-refractivity contribution in [1.82, 2.24) is 10.3 Å². The first-order chi connectivity index (χ1) is 9.31. The Balaban J connectivity index is 2.52. The molecule has 0 fully saturated rings. The zero-order chi connectivity index (χ0) is 15.3. The highest BCUT2D eigenvalue weighted by molar-refractivity contribution is 9.10. The molecule has 0 spiro atoms. The lowest BCUT2D eigenvalue weighted by Crippen LogP contribution is -2.46. The molecule has 8 heteroatoms. The number of aromatic nitrogens is 1. The quantitative estimate of drug-likeness (QED) is 0.691. The fourth-order valence-corrected chi connectivity index (χ4v) is 1.77. The second-order valence-corrected chi connectivity index (χ2v) is 5.80. The molecule has 110 valence electrons. The van der Waals surface area contributed by atoms with Crippen molar-refractivity contribution in [3.8, 4) is 0 Å². The number of carbonyl (C=O) groups is 2. The molecule has 1 rings (SSSR count). The molecule has 0 aromatic carbocycles. The number of amides is 2. The van der Waals surface area contributed by atoms with Crippen LogP contribution in [0.5, 0.6) is 0 Å². The van der Waals surface area contributed by atoms with E-state index in [0.717, 1.165) is 0 Å². The number of anilines is 1. The van der Waals surface area contributed by atoms with Gasteiger partial charge in [-0.2, -0.15) is 0 Å². The molecular weight excluding hydrogens is 348 g/mol. The van der Waals surface area contributed by atoms with Gasteiger partial charge in [0.2, 0.25) is 11.8 Å². The summed E-state index contributed by atoms with van der Waals surface area (Å²) in [5, 5.41) is 5.20. The van der Waals surface area contributed by atoms with Crippen molar-refractivity contribution in [2.45, 2.75) is 19.9 Å². The SMILES string of the molecule is CC(C)[C@H](N)C(=O)NCC(=O)Nc1cc(Br)cnc1Cl. The Hall–Kier alpha value is -1.18. The Morgan fingerprint density at radius 2 is 2.15 bits per heavy atom. The van der Waals surface area contributed by atoms with Crippen LogP contribution in [0.1, 0.15) is 13.8 Å². The van der Waals surface area contributed by atoms with E-state index < -0.39 is 11.9 Å². The predicted octanol–water partition coefficient (Wildman–Crippen LogP) is 1.54. The number of nitrogens with zero attached hydrogens (tertiary/aromatic N) is 1. The lowest BCUT2D eigenvalue weighted by Gasteiger charge is -2.15. The van der Waals surface area contributed by atoms with Crippen LogP contribution < -0.4 is 16.4 Å². The van der Waals surface area contributed by atoms with Gasteiger partial charge in [0.25, 0.3) is 0 Å². The maximum atomic E-state index is 11.7. The number of hydrogen-bond acceptors (Lipinski definition) is 4. The summed E-state index contributed by atoms with van der Waals surface area (Å²) in [6, 6.07) is 0.980. The van der Waals surface area contributed by atoms with Crippen LogP contribution in [0.15, 0.2) is 16.7 Å². The Morgan fingerprint density at radius 1 is 1.50 bits per heavy atom. The van der Waals surface area contributed by atoms with E-state index in [1.807, 2.05) is 13.8 Å². The van der Waals surface area contributed by atoms with Crippen molar-refractivity contribution >= 4 is 45.0 Å². The zero-order valence-corrected chi connectivity index (χ0v) is 13.5. The van der Waals surface area contributed by atoms with E-state index in [1.54, 1.807) is 6.07 Å². The molecule has 2 amide bonds. The highest BCUT2D eigenvalue weighted by atomic mass is 79.9. The number of nitrogens with two attached hydrogens (primary N) is 1. The summed E-state index contributed by atoms with van der Waals surface area (Å²) in [5.41, 5.74) is 6.03. The average molecular weight is 364 g/mol. The third-order valence-electron chi connectivity index (χ3n) is 2.52. The van der Waals surface area contributed by atoms with E-state index in [4.69, 9.17) is 17.3 Å². The van der Waals surface area contributed by atoms with Crippen molar-refractivity contribution < 1.29 is 9.59 Å². The lowest BCUT2D eigenvalue weighted by molar-refractivity contribution is -0.125. The van der Waals surface area contributed by atoms with Crippen LogP contribution >= 0.6 is 27.5 Å². The van der Waals surface area contributed by atoms with Crippen LogP contribution in [-0.2, 0) is 9.59 Å². The highest BCUT2D eigenvalue weighted by Crippen LogP contribution is 2.22. The van der Waals surface area contributed by atoms with Gasteiger partial charge in [-0.25, -0.2) is 4.98 Å². The molecule has 4 N–H and O–H groups in total. The van der Waals surface area contributed by atoms with Gasteiger partial charge >= 0.3 is 0 Å². The van der Waals surface area contributed by atoms with Crippen LogP contribution in [0.3, 0.4) is 0 Å². The minimum absolute atomic E-state index is 0.00165. The molecule has 0 aliphatic heterocycles. The number of hydrogen-bond donors (Lipinski definition) is 3. The Bertz CT molecular complexity index is 510. The van der Waals surface area contributed by atoms with Crippen LogP contribution in [0.25, 0.3) is 0 Å². The van der Waals surface area contributed by atoms with E-state index in [-0.39, 0.29) is 23.5 Å². The Kier molecular flexibility index (Phi) is 6.38. The monoisotopic (exact) mass is 362 g/mol. The van der Waals surface area contributed by atoms with Crippen LogP contribution in [0.2, 0.25) is 5.15 Å². The summed E-state index contributed by atoms with van der Waals surface area (Å²) in [7, 11) is 0. The molecule has 20 heavy (non-hydrogen) atoms. The van der Waals surface area contributed by atoms with Gasteiger partial charge in [0, 0.05) is 10.7 Å². The lowest BCUT2D eigenvalue weighted by atomic mass is 10.1. The summed E-state index contributed by atoms with van der Waals surface area (Å²) >= 11 is 9.07. The zero-order valence-electron chi connectivity index (χ0n) is 11.1. The summed E-state index contributed by atoms with van der Waals surface area (Å²) in [6.45, 7) is 3.48. The van der Waals surface area contributed by atoms with Gasteiger partial charge in [-0.3, -0.25) is 9.59 Å². The highest BCUT2D eigenvalue weighted by Gasteiger charge is 2.17. The largest absolute Gasteiger partial charge is 0.346 e. The molecule has 0 unspecified atom stereocenters.